The van der Waals surface area contributed by atoms with Gasteiger partial charge in [-0.1, -0.05) is 44.2 Å². The van der Waals surface area contributed by atoms with Crippen molar-refractivity contribution in [3.05, 3.63) is 89.2 Å². The molecule has 1 heterocycles. The molecule has 0 bridgehead atoms. The molecule has 0 fully saturated rings. The van der Waals surface area contributed by atoms with Crippen LogP contribution in [0.2, 0.25) is 0 Å². The monoisotopic (exact) mass is 373 g/mol. The molecule has 0 atom stereocenters. The minimum Gasteiger partial charge on any atom is -0.322 e. The standard InChI is InChI=1S/C23H23N3O2/c1-15(2)17-8-10-19(11-9-17)25-23(28)21-14-18(12-13-24-21)22(27)26-20-7-5-4-6-16(20)3/h4-15H,1-3H3,(H,25,28)(H,26,27). The highest BCUT2D eigenvalue weighted by Gasteiger charge is 2.13. The van der Waals surface area contributed by atoms with Crippen molar-refractivity contribution in [2.75, 3.05) is 10.6 Å². The molecular weight excluding hydrogens is 350 g/mol. The Hall–Kier alpha value is -3.47. The van der Waals surface area contributed by atoms with Crippen LogP contribution in [0, 0.1) is 6.92 Å². The number of nitrogens with one attached hydrogen (secondary N) is 2. The van der Waals surface area contributed by atoms with Gasteiger partial charge in [-0.05, 0) is 54.3 Å². The second-order valence-electron chi connectivity index (χ2n) is 6.93. The first-order chi connectivity index (χ1) is 13.4. The van der Waals surface area contributed by atoms with Crippen LogP contribution < -0.4 is 10.6 Å². The Morgan fingerprint density at radius 2 is 1.61 bits per heavy atom. The maximum atomic E-state index is 12.5. The van der Waals surface area contributed by atoms with Crippen molar-refractivity contribution in [2.24, 2.45) is 0 Å². The summed E-state index contributed by atoms with van der Waals surface area (Å²) in [4.78, 5) is 29.1. The lowest BCUT2D eigenvalue weighted by Gasteiger charge is -2.10. The van der Waals surface area contributed by atoms with Gasteiger partial charge in [-0.2, -0.15) is 0 Å². The molecule has 0 spiro atoms. The molecule has 0 aliphatic heterocycles. The van der Waals surface area contributed by atoms with E-state index in [1.807, 2.05) is 55.5 Å². The zero-order valence-electron chi connectivity index (χ0n) is 16.2. The summed E-state index contributed by atoms with van der Waals surface area (Å²) in [5.74, 6) is -0.218. The number of pyridine rings is 1. The zero-order valence-corrected chi connectivity index (χ0v) is 16.2. The van der Waals surface area contributed by atoms with Gasteiger partial charge in [0.25, 0.3) is 11.8 Å². The van der Waals surface area contributed by atoms with E-state index in [2.05, 4.69) is 29.5 Å². The summed E-state index contributed by atoms with van der Waals surface area (Å²) in [6.45, 7) is 6.15. The fourth-order valence-electron chi connectivity index (χ4n) is 2.75. The highest BCUT2D eigenvalue weighted by Crippen LogP contribution is 2.18. The molecule has 0 aliphatic rings. The minimum absolute atomic E-state index is 0.186. The number of carbonyl (C=O) groups is 2. The quantitative estimate of drug-likeness (QED) is 0.660. The average Bonchev–Trinajstić information content (AvgIpc) is 2.70. The van der Waals surface area contributed by atoms with Gasteiger partial charge >= 0.3 is 0 Å². The minimum atomic E-state index is -0.358. The van der Waals surface area contributed by atoms with E-state index in [1.165, 1.54) is 17.8 Å². The molecule has 0 aliphatic carbocycles. The van der Waals surface area contributed by atoms with Crippen LogP contribution in [0.5, 0.6) is 0 Å². The van der Waals surface area contributed by atoms with E-state index in [9.17, 15) is 9.59 Å². The molecule has 28 heavy (non-hydrogen) atoms. The normalized spacial score (nSPS) is 10.6. The average molecular weight is 373 g/mol. The molecule has 3 rings (SSSR count). The van der Waals surface area contributed by atoms with Crippen LogP contribution in [0.25, 0.3) is 0 Å². The smallest absolute Gasteiger partial charge is 0.274 e. The number of aryl methyl sites for hydroxylation is 1. The molecule has 5 heteroatoms. The molecule has 5 nitrogen and oxygen atoms in total. The second-order valence-corrected chi connectivity index (χ2v) is 6.93. The van der Waals surface area contributed by atoms with Crippen LogP contribution >= 0.6 is 0 Å². The molecule has 2 N–H and O–H groups in total. The van der Waals surface area contributed by atoms with Crippen LogP contribution in [0.15, 0.2) is 66.9 Å². The molecule has 2 aromatic carbocycles. The van der Waals surface area contributed by atoms with E-state index in [1.54, 1.807) is 6.07 Å². The van der Waals surface area contributed by atoms with E-state index in [0.29, 0.717) is 17.2 Å². The van der Waals surface area contributed by atoms with Crippen LogP contribution in [-0.4, -0.2) is 16.8 Å². The van der Waals surface area contributed by atoms with Crippen molar-refractivity contribution >= 4 is 23.2 Å². The Balaban J connectivity index is 1.72. The van der Waals surface area contributed by atoms with Crippen LogP contribution in [0.1, 0.15) is 51.7 Å². The molecule has 0 unspecified atom stereocenters. The third-order valence-corrected chi connectivity index (χ3v) is 4.48. The van der Waals surface area contributed by atoms with Crippen molar-refractivity contribution in [3.63, 3.8) is 0 Å². The largest absolute Gasteiger partial charge is 0.322 e. The van der Waals surface area contributed by atoms with Crippen LogP contribution in [-0.2, 0) is 0 Å². The third-order valence-electron chi connectivity index (χ3n) is 4.48. The number of nitrogens with zero attached hydrogens (tertiary/aromatic N) is 1. The summed E-state index contributed by atoms with van der Waals surface area (Å²) < 4.78 is 0. The van der Waals surface area contributed by atoms with Crippen LogP contribution in [0.3, 0.4) is 0 Å². The molecule has 1 aromatic heterocycles. The number of carbonyl (C=O) groups excluding carboxylic acids is 2. The SMILES string of the molecule is Cc1ccccc1NC(=O)c1ccnc(C(=O)Nc2ccc(C(C)C)cc2)c1. The number of rotatable bonds is 5. The molecule has 3 aromatic rings. The third kappa shape index (κ3) is 4.62. The lowest BCUT2D eigenvalue weighted by Crippen LogP contribution is -2.17. The predicted molar refractivity (Wildman–Crippen MR) is 112 cm³/mol. The maximum absolute atomic E-state index is 12.5. The van der Waals surface area contributed by atoms with E-state index in [4.69, 9.17) is 0 Å². The summed E-state index contributed by atoms with van der Waals surface area (Å²) in [5.41, 5.74) is 4.15. The van der Waals surface area contributed by atoms with Gasteiger partial charge in [0.15, 0.2) is 0 Å². The first-order valence-corrected chi connectivity index (χ1v) is 9.18. The Labute approximate surface area is 164 Å². The number of amides is 2. The number of anilines is 2. The Morgan fingerprint density at radius 1 is 0.893 bits per heavy atom. The molecule has 142 valence electrons. The van der Waals surface area contributed by atoms with Gasteiger partial charge in [0.2, 0.25) is 0 Å². The van der Waals surface area contributed by atoms with Gasteiger partial charge in [0.1, 0.15) is 5.69 Å². The fraction of sp³-hybridized carbons (Fsp3) is 0.174. The summed E-state index contributed by atoms with van der Waals surface area (Å²) in [6, 6.07) is 18.3. The van der Waals surface area contributed by atoms with Gasteiger partial charge in [-0.15, -0.1) is 0 Å². The highest BCUT2D eigenvalue weighted by molar-refractivity contribution is 6.08. The van der Waals surface area contributed by atoms with Crippen molar-refractivity contribution in [1.29, 1.82) is 0 Å². The Kier molecular flexibility index (Phi) is 5.84. The van der Waals surface area contributed by atoms with Crippen molar-refractivity contribution in [1.82, 2.24) is 4.98 Å². The summed E-state index contributed by atoms with van der Waals surface area (Å²) in [7, 11) is 0. The Bertz CT molecular complexity index is 995. The molecule has 0 radical (unpaired) electrons. The first kappa shape index (κ1) is 19.3. The number of aromatic nitrogens is 1. The maximum Gasteiger partial charge on any atom is 0.274 e. The topological polar surface area (TPSA) is 71.1 Å². The van der Waals surface area contributed by atoms with Gasteiger partial charge in [-0.3, -0.25) is 14.6 Å². The van der Waals surface area contributed by atoms with Crippen molar-refractivity contribution in [3.8, 4) is 0 Å². The fourth-order valence-corrected chi connectivity index (χ4v) is 2.75. The summed E-state index contributed by atoms with van der Waals surface area (Å²) in [5, 5.41) is 5.68. The molecule has 0 saturated heterocycles. The molecule has 2 amide bonds. The van der Waals surface area contributed by atoms with Crippen molar-refractivity contribution in [2.45, 2.75) is 26.7 Å². The number of hydrogen-bond acceptors (Lipinski definition) is 3. The zero-order chi connectivity index (χ0) is 20.1. The lowest BCUT2D eigenvalue weighted by atomic mass is 10.0. The lowest BCUT2D eigenvalue weighted by molar-refractivity contribution is 0.102. The predicted octanol–water partition coefficient (Wildman–Crippen LogP) is 5.02. The van der Waals surface area contributed by atoms with Gasteiger partial charge in [-0.25, -0.2) is 0 Å². The van der Waals surface area contributed by atoms with E-state index >= 15 is 0 Å². The van der Waals surface area contributed by atoms with Crippen molar-refractivity contribution < 1.29 is 9.59 Å². The first-order valence-electron chi connectivity index (χ1n) is 9.18. The summed E-state index contributed by atoms with van der Waals surface area (Å²) in [6.07, 6.45) is 1.46. The van der Waals surface area contributed by atoms with Gasteiger partial charge < -0.3 is 10.6 Å². The number of para-hydroxylation sites is 1. The second kappa shape index (κ2) is 8.48. The van der Waals surface area contributed by atoms with Gasteiger partial charge in [0.05, 0.1) is 0 Å². The Morgan fingerprint density at radius 3 is 2.29 bits per heavy atom. The van der Waals surface area contributed by atoms with Gasteiger partial charge in [0, 0.05) is 23.1 Å². The van der Waals surface area contributed by atoms with E-state index < -0.39 is 0 Å². The highest BCUT2D eigenvalue weighted by atomic mass is 16.2. The number of hydrogen-bond donors (Lipinski definition) is 2. The van der Waals surface area contributed by atoms with E-state index in [-0.39, 0.29) is 17.5 Å². The van der Waals surface area contributed by atoms with E-state index in [0.717, 1.165) is 11.3 Å². The number of benzene rings is 2. The molecular formula is C23H23N3O2. The molecule has 0 saturated carbocycles. The summed E-state index contributed by atoms with van der Waals surface area (Å²) >= 11 is 0. The van der Waals surface area contributed by atoms with Crippen LogP contribution in [0.4, 0.5) is 11.4 Å².